The molecule has 0 saturated heterocycles. The first-order valence-corrected chi connectivity index (χ1v) is 9.44. The third-order valence-electron chi connectivity index (χ3n) is 3.92. The molecular formula is C21H19ClFNOS. The maximum absolute atomic E-state index is 13.8. The monoisotopic (exact) mass is 387 g/mol. The Bertz CT molecular complexity index is 1010. The second kappa shape index (κ2) is 7.01. The van der Waals surface area contributed by atoms with E-state index < -0.39 is 5.82 Å². The number of halogens is 2. The highest BCUT2D eigenvalue weighted by Gasteiger charge is 2.22. The van der Waals surface area contributed by atoms with Gasteiger partial charge in [-0.15, -0.1) is 11.8 Å². The molecule has 1 heterocycles. The van der Waals surface area contributed by atoms with E-state index in [4.69, 9.17) is 11.6 Å². The van der Waals surface area contributed by atoms with Crippen molar-refractivity contribution in [3.05, 3.63) is 70.1 Å². The number of thioether (sulfide) groups is 1. The Balaban J connectivity index is 2.12. The van der Waals surface area contributed by atoms with Crippen LogP contribution in [0.2, 0.25) is 5.02 Å². The first kappa shape index (κ1) is 18.9. The van der Waals surface area contributed by atoms with Gasteiger partial charge in [-0.2, -0.15) is 0 Å². The number of benzene rings is 2. The minimum absolute atomic E-state index is 0.0742. The summed E-state index contributed by atoms with van der Waals surface area (Å²) < 4.78 is 13.7. The molecule has 0 fully saturated rings. The van der Waals surface area contributed by atoms with E-state index in [0.717, 1.165) is 10.5 Å². The number of fused-ring (bicyclic) bond motifs is 1. The smallest absolute Gasteiger partial charge is 0.195 e. The Labute approximate surface area is 161 Å². The van der Waals surface area contributed by atoms with Gasteiger partial charge in [-0.1, -0.05) is 44.5 Å². The standard InChI is InChI=1S/C21H19ClFNOS/c1-12-16(22)9-8-15(20(12)26-21(2,3)4)19(25)14-10-13-6-5-7-17(23)18(13)24-11-14/h5-11H,1-4H3. The number of nitrogens with zero attached hydrogens (tertiary/aromatic N) is 1. The van der Waals surface area contributed by atoms with Gasteiger partial charge in [0.2, 0.25) is 0 Å². The molecular weight excluding hydrogens is 369 g/mol. The fourth-order valence-electron chi connectivity index (χ4n) is 2.69. The van der Waals surface area contributed by atoms with Gasteiger partial charge in [0, 0.05) is 37.4 Å². The normalized spacial score (nSPS) is 11.8. The van der Waals surface area contributed by atoms with E-state index in [0.29, 0.717) is 21.5 Å². The second-order valence-corrected chi connectivity index (χ2v) is 9.37. The van der Waals surface area contributed by atoms with Crippen LogP contribution in [0.1, 0.15) is 42.3 Å². The Hall–Kier alpha value is -1.91. The number of hydrogen-bond acceptors (Lipinski definition) is 3. The van der Waals surface area contributed by atoms with E-state index in [2.05, 4.69) is 25.8 Å². The summed E-state index contributed by atoms with van der Waals surface area (Å²) in [5, 5.41) is 1.23. The molecule has 26 heavy (non-hydrogen) atoms. The van der Waals surface area contributed by atoms with Gasteiger partial charge in [0.15, 0.2) is 5.78 Å². The molecule has 0 saturated carbocycles. The molecule has 0 bridgehead atoms. The summed E-state index contributed by atoms with van der Waals surface area (Å²) in [7, 11) is 0. The van der Waals surface area contributed by atoms with E-state index in [1.165, 1.54) is 12.3 Å². The number of rotatable bonds is 3. The third-order valence-corrected chi connectivity index (χ3v) is 5.67. The first-order chi connectivity index (χ1) is 12.2. The highest BCUT2D eigenvalue weighted by Crippen LogP contribution is 2.39. The van der Waals surface area contributed by atoms with Crippen LogP contribution in [0.25, 0.3) is 10.9 Å². The van der Waals surface area contributed by atoms with Gasteiger partial charge in [0.25, 0.3) is 0 Å². The molecule has 0 atom stereocenters. The molecule has 0 N–H and O–H groups in total. The number of carbonyl (C=O) groups is 1. The maximum Gasteiger partial charge on any atom is 0.195 e. The van der Waals surface area contributed by atoms with Crippen LogP contribution < -0.4 is 0 Å². The van der Waals surface area contributed by atoms with Crippen molar-refractivity contribution >= 4 is 40.0 Å². The van der Waals surface area contributed by atoms with E-state index in [-0.39, 0.29) is 16.0 Å². The summed E-state index contributed by atoms with van der Waals surface area (Å²) in [6.07, 6.45) is 1.43. The topological polar surface area (TPSA) is 30.0 Å². The molecule has 3 rings (SSSR count). The molecule has 3 aromatic rings. The summed E-state index contributed by atoms with van der Waals surface area (Å²) >= 11 is 7.89. The number of ketones is 1. The van der Waals surface area contributed by atoms with Gasteiger partial charge in [-0.25, -0.2) is 4.39 Å². The first-order valence-electron chi connectivity index (χ1n) is 8.24. The minimum atomic E-state index is -0.396. The van der Waals surface area contributed by atoms with E-state index >= 15 is 0 Å². The Morgan fingerprint density at radius 1 is 1.19 bits per heavy atom. The van der Waals surface area contributed by atoms with Crippen molar-refractivity contribution in [3.8, 4) is 0 Å². The Kier molecular flexibility index (Phi) is 5.09. The number of carbonyl (C=O) groups excluding carboxylic acids is 1. The SMILES string of the molecule is Cc1c(Cl)ccc(C(=O)c2cnc3c(F)cccc3c2)c1SC(C)(C)C. The lowest BCUT2D eigenvalue weighted by atomic mass is 10.0. The summed E-state index contributed by atoms with van der Waals surface area (Å²) in [6.45, 7) is 8.19. The van der Waals surface area contributed by atoms with Crippen LogP contribution in [-0.4, -0.2) is 15.5 Å². The van der Waals surface area contributed by atoms with Crippen molar-refractivity contribution in [1.82, 2.24) is 4.98 Å². The van der Waals surface area contributed by atoms with Crippen LogP contribution >= 0.6 is 23.4 Å². The van der Waals surface area contributed by atoms with E-state index in [9.17, 15) is 9.18 Å². The molecule has 0 aliphatic rings. The van der Waals surface area contributed by atoms with Gasteiger partial charge in [0.1, 0.15) is 11.3 Å². The number of para-hydroxylation sites is 1. The highest BCUT2D eigenvalue weighted by atomic mass is 35.5. The molecule has 0 unspecified atom stereocenters. The van der Waals surface area contributed by atoms with Crippen LogP contribution in [0.5, 0.6) is 0 Å². The lowest BCUT2D eigenvalue weighted by molar-refractivity contribution is 0.103. The predicted octanol–water partition coefficient (Wildman–Crippen LogP) is 6.46. The van der Waals surface area contributed by atoms with Crippen molar-refractivity contribution in [1.29, 1.82) is 0 Å². The van der Waals surface area contributed by atoms with Gasteiger partial charge >= 0.3 is 0 Å². The zero-order valence-corrected chi connectivity index (χ0v) is 16.6. The molecule has 5 heteroatoms. The molecule has 0 aliphatic heterocycles. The van der Waals surface area contributed by atoms with Gasteiger partial charge in [0.05, 0.1) is 0 Å². The Morgan fingerprint density at radius 2 is 1.92 bits per heavy atom. The highest BCUT2D eigenvalue weighted by molar-refractivity contribution is 8.00. The van der Waals surface area contributed by atoms with E-state index in [1.54, 1.807) is 42.1 Å². The lowest BCUT2D eigenvalue weighted by Gasteiger charge is -2.22. The summed E-state index contributed by atoms with van der Waals surface area (Å²) in [5.74, 6) is -0.539. The zero-order valence-electron chi connectivity index (χ0n) is 15.1. The van der Waals surface area contributed by atoms with Gasteiger partial charge in [-0.05, 0) is 36.8 Å². The summed E-state index contributed by atoms with van der Waals surface area (Å²) in [4.78, 5) is 18.2. The Morgan fingerprint density at radius 3 is 2.62 bits per heavy atom. The largest absolute Gasteiger partial charge is 0.289 e. The fraction of sp³-hybridized carbons (Fsp3) is 0.238. The second-order valence-electron chi connectivity index (χ2n) is 7.13. The quantitative estimate of drug-likeness (QED) is 0.381. The van der Waals surface area contributed by atoms with Crippen molar-refractivity contribution in [3.63, 3.8) is 0 Å². The third kappa shape index (κ3) is 3.76. The lowest BCUT2D eigenvalue weighted by Crippen LogP contribution is -2.11. The molecule has 1 aromatic heterocycles. The summed E-state index contributed by atoms with van der Waals surface area (Å²) in [6, 6.07) is 9.90. The molecule has 0 amide bonds. The predicted molar refractivity (Wildman–Crippen MR) is 107 cm³/mol. The van der Waals surface area contributed by atoms with Crippen molar-refractivity contribution in [2.45, 2.75) is 37.3 Å². The molecule has 0 aliphatic carbocycles. The minimum Gasteiger partial charge on any atom is -0.289 e. The van der Waals surface area contributed by atoms with Crippen LogP contribution in [0.15, 0.2) is 47.5 Å². The number of hydrogen-bond donors (Lipinski definition) is 0. The zero-order chi connectivity index (χ0) is 19.1. The van der Waals surface area contributed by atoms with Crippen molar-refractivity contribution in [2.24, 2.45) is 0 Å². The summed E-state index contributed by atoms with van der Waals surface area (Å²) in [5.41, 5.74) is 2.17. The average Bonchev–Trinajstić information content (AvgIpc) is 2.57. The van der Waals surface area contributed by atoms with Crippen molar-refractivity contribution in [2.75, 3.05) is 0 Å². The van der Waals surface area contributed by atoms with Crippen LogP contribution in [0.3, 0.4) is 0 Å². The van der Waals surface area contributed by atoms with Crippen LogP contribution in [0.4, 0.5) is 4.39 Å². The van der Waals surface area contributed by atoms with Gasteiger partial charge < -0.3 is 0 Å². The van der Waals surface area contributed by atoms with Crippen molar-refractivity contribution < 1.29 is 9.18 Å². The number of aromatic nitrogens is 1. The average molecular weight is 388 g/mol. The van der Waals surface area contributed by atoms with Crippen LogP contribution in [-0.2, 0) is 0 Å². The van der Waals surface area contributed by atoms with Crippen LogP contribution in [0, 0.1) is 12.7 Å². The maximum atomic E-state index is 13.8. The molecule has 0 spiro atoms. The van der Waals surface area contributed by atoms with E-state index in [1.807, 2.05) is 6.92 Å². The molecule has 0 radical (unpaired) electrons. The molecule has 134 valence electrons. The molecule has 2 nitrogen and oxygen atoms in total. The molecule has 2 aromatic carbocycles. The van der Waals surface area contributed by atoms with Gasteiger partial charge in [-0.3, -0.25) is 9.78 Å². The fourth-order valence-corrected chi connectivity index (χ4v) is 4.05. The number of pyridine rings is 1.